The monoisotopic (exact) mass is 617 g/mol. The molecule has 0 aliphatic heterocycles. The van der Waals surface area contributed by atoms with Crippen molar-refractivity contribution < 1.29 is 29.4 Å². The minimum atomic E-state index is -1.31. The minimum absolute atomic E-state index is 0.00692. The van der Waals surface area contributed by atoms with Gasteiger partial charge in [-0.25, -0.2) is 9.78 Å². The lowest BCUT2D eigenvalue weighted by molar-refractivity contribution is -0.142. The highest BCUT2D eigenvalue weighted by Gasteiger charge is 2.31. The molecule has 9 N–H and O–H groups in total. The fourth-order valence-electron chi connectivity index (χ4n) is 5.05. The zero-order chi connectivity index (χ0) is 32.5. The molecule has 0 radical (unpaired) electrons. The number of fused-ring (bicyclic) bond motifs is 1. The Morgan fingerprint density at radius 2 is 1.51 bits per heavy atom. The SMILES string of the molecule is CC(C)CC(NC(=O)C(N)Cc1cnc[nH]1)C(=O)NC(Cc1c[nH]c2ccccc12)C(=O)NC(Cc1ccc(O)cc1)C(=O)O. The van der Waals surface area contributed by atoms with Crippen LogP contribution < -0.4 is 21.7 Å². The highest BCUT2D eigenvalue weighted by Crippen LogP contribution is 2.20. The Kier molecular flexibility index (Phi) is 10.9. The first-order valence-electron chi connectivity index (χ1n) is 14.7. The number of rotatable bonds is 15. The molecule has 2 aromatic heterocycles. The van der Waals surface area contributed by atoms with Gasteiger partial charge in [0.05, 0.1) is 12.4 Å². The molecule has 2 aromatic carbocycles. The maximum atomic E-state index is 13.7. The van der Waals surface area contributed by atoms with Crippen LogP contribution in [-0.2, 0) is 38.4 Å². The summed E-state index contributed by atoms with van der Waals surface area (Å²) in [6.45, 7) is 3.79. The lowest BCUT2D eigenvalue weighted by Gasteiger charge is -2.26. The summed E-state index contributed by atoms with van der Waals surface area (Å²) in [5, 5.41) is 28.4. The number of hydrogen-bond donors (Lipinski definition) is 8. The van der Waals surface area contributed by atoms with Crippen molar-refractivity contribution in [3.63, 3.8) is 0 Å². The fraction of sp³-hybridized carbons (Fsp3) is 0.344. The average molecular weight is 618 g/mol. The Labute approximate surface area is 260 Å². The van der Waals surface area contributed by atoms with Gasteiger partial charge in [0.15, 0.2) is 0 Å². The smallest absolute Gasteiger partial charge is 0.326 e. The summed E-state index contributed by atoms with van der Waals surface area (Å²) in [6, 6.07) is 9.04. The van der Waals surface area contributed by atoms with Crippen molar-refractivity contribution in [2.45, 2.75) is 63.7 Å². The van der Waals surface area contributed by atoms with Crippen molar-refractivity contribution in [3.8, 4) is 5.75 Å². The van der Waals surface area contributed by atoms with Crippen LogP contribution in [0.1, 0.15) is 37.1 Å². The lowest BCUT2D eigenvalue weighted by atomic mass is 9.99. The Hall–Kier alpha value is -5.17. The van der Waals surface area contributed by atoms with E-state index in [1.807, 2.05) is 38.1 Å². The van der Waals surface area contributed by atoms with Crippen LogP contribution in [0.3, 0.4) is 0 Å². The molecule has 0 fully saturated rings. The van der Waals surface area contributed by atoms with Crippen molar-refractivity contribution in [1.29, 1.82) is 0 Å². The maximum Gasteiger partial charge on any atom is 0.326 e. The molecule has 0 bridgehead atoms. The Bertz CT molecular complexity index is 1600. The largest absolute Gasteiger partial charge is 0.508 e. The summed E-state index contributed by atoms with van der Waals surface area (Å²) in [6.07, 6.45) is 5.24. The van der Waals surface area contributed by atoms with Gasteiger partial charge >= 0.3 is 5.97 Å². The average Bonchev–Trinajstić information content (AvgIpc) is 3.66. The van der Waals surface area contributed by atoms with E-state index in [9.17, 15) is 29.4 Å². The Balaban J connectivity index is 1.55. The highest BCUT2D eigenvalue weighted by molar-refractivity contribution is 5.95. The van der Waals surface area contributed by atoms with Gasteiger partial charge in [0.25, 0.3) is 0 Å². The van der Waals surface area contributed by atoms with Gasteiger partial charge in [0.1, 0.15) is 23.9 Å². The number of carboxylic acids is 1. The predicted molar refractivity (Wildman–Crippen MR) is 167 cm³/mol. The number of aromatic nitrogens is 3. The third-order valence-corrected chi connectivity index (χ3v) is 7.39. The van der Waals surface area contributed by atoms with E-state index in [2.05, 4.69) is 30.9 Å². The molecule has 4 atom stereocenters. The van der Waals surface area contributed by atoms with Crippen LogP contribution in [0.2, 0.25) is 0 Å². The molecule has 4 unspecified atom stereocenters. The van der Waals surface area contributed by atoms with Crippen molar-refractivity contribution in [2.75, 3.05) is 0 Å². The molecule has 0 saturated carbocycles. The fourth-order valence-corrected chi connectivity index (χ4v) is 5.05. The number of para-hydroxylation sites is 1. The van der Waals surface area contributed by atoms with Gasteiger partial charge in [-0.2, -0.15) is 0 Å². The second kappa shape index (κ2) is 15.0. The molecule has 2 heterocycles. The van der Waals surface area contributed by atoms with Crippen LogP contribution in [0, 0.1) is 5.92 Å². The third kappa shape index (κ3) is 9.16. The number of carbonyl (C=O) groups excluding carboxylic acids is 3. The van der Waals surface area contributed by atoms with Crippen molar-refractivity contribution >= 4 is 34.6 Å². The number of hydrogen-bond acceptors (Lipinski definition) is 7. The van der Waals surface area contributed by atoms with E-state index in [4.69, 9.17) is 5.73 Å². The minimum Gasteiger partial charge on any atom is -0.508 e. The molecule has 3 amide bonds. The number of aliphatic carboxylic acids is 1. The van der Waals surface area contributed by atoms with Crippen LogP contribution in [0.15, 0.2) is 67.3 Å². The van der Waals surface area contributed by atoms with E-state index < -0.39 is 47.9 Å². The molecular formula is C32H39N7O6. The number of imidazole rings is 1. The molecule has 0 spiro atoms. The summed E-state index contributed by atoms with van der Waals surface area (Å²) in [7, 11) is 0. The van der Waals surface area contributed by atoms with Gasteiger partial charge in [0.2, 0.25) is 17.7 Å². The number of carbonyl (C=O) groups is 4. The molecular weight excluding hydrogens is 578 g/mol. The van der Waals surface area contributed by atoms with E-state index in [0.717, 1.165) is 16.5 Å². The van der Waals surface area contributed by atoms with Crippen molar-refractivity contribution in [1.82, 2.24) is 30.9 Å². The van der Waals surface area contributed by atoms with Gasteiger partial charge in [0, 0.05) is 48.3 Å². The van der Waals surface area contributed by atoms with Crippen LogP contribution >= 0.6 is 0 Å². The number of aromatic hydroxyl groups is 1. The van der Waals surface area contributed by atoms with Crippen molar-refractivity contribution in [3.05, 3.63) is 84.1 Å². The van der Waals surface area contributed by atoms with E-state index >= 15 is 0 Å². The first-order chi connectivity index (χ1) is 21.5. The first-order valence-corrected chi connectivity index (χ1v) is 14.7. The number of carboxylic acid groups (broad SMARTS) is 1. The number of benzene rings is 2. The summed E-state index contributed by atoms with van der Waals surface area (Å²) in [5.41, 5.74) is 8.93. The van der Waals surface area contributed by atoms with Gasteiger partial charge < -0.3 is 41.9 Å². The number of nitrogens with one attached hydrogen (secondary N) is 5. The highest BCUT2D eigenvalue weighted by atomic mass is 16.4. The normalized spacial score (nSPS) is 14.0. The quantitative estimate of drug-likeness (QED) is 0.0977. The summed E-state index contributed by atoms with van der Waals surface area (Å²) < 4.78 is 0. The van der Waals surface area contributed by atoms with Crippen LogP contribution in [0.5, 0.6) is 5.75 Å². The van der Waals surface area contributed by atoms with Crippen molar-refractivity contribution in [2.24, 2.45) is 11.7 Å². The van der Waals surface area contributed by atoms with Gasteiger partial charge in [-0.1, -0.05) is 44.2 Å². The van der Waals surface area contributed by atoms with Crippen LogP contribution in [0.25, 0.3) is 10.9 Å². The van der Waals surface area contributed by atoms with Gasteiger partial charge in [-0.15, -0.1) is 0 Å². The topological polar surface area (TPSA) is 215 Å². The standard InChI is InChI=1S/C32H39N7O6/c1-18(2)11-26(37-29(41)24(33)14-21-16-34-17-36-21)30(42)38-27(13-20-15-35-25-6-4-3-5-23(20)25)31(43)39-28(32(44)45)12-19-7-9-22(40)10-8-19/h3-10,15-18,24,26-28,35,40H,11-14,33H2,1-2H3,(H,34,36)(H,37,41)(H,38,42)(H,39,43)(H,44,45). The molecule has 13 nitrogen and oxygen atoms in total. The van der Waals surface area contributed by atoms with Crippen LogP contribution in [-0.4, -0.2) is 73.0 Å². The third-order valence-electron chi connectivity index (χ3n) is 7.39. The number of nitrogens with two attached hydrogens (primary N) is 1. The zero-order valence-electron chi connectivity index (χ0n) is 25.1. The zero-order valence-corrected chi connectivity index (χ0v) is 25.1. The number of phenolic OH excluding ortho intramolecular Hbond substituents is 1. The Morgan fingerprint density at radius 3 is 2.18 bits per heavy atom. The number of amides is 3. The lowest BCUT2D eigenvalue weighted by Crippen LogP contribution is -2.58. The molecule has 0 aliphatic carbocycles. The molecule has 0 saturated heterocycles. The molecule has 4 aromatic rings. The molecule has 45 heavy (non-hydrogen) atoms. The second-order valence-corrected chi connectivity index (χ2v) is 11.5. The first kappa shape index (κ1) is 32.7. The molecule has 238 valence electrons. The summed E-state index contributed by atoms with van der Waals surface area (Å²) >= 11 is 0. The van der Waals surface area contributed by atoms with Gasteiger partial charge in [-0.05, 0) is 41.7 Å². The predicted octanol–water partition coefficient (Wildman–Crippen LogP) is 1.54. The molecule has 13 heteroatoms. The summed E-state index contributed by atoms with van der Waals surface area (Å²) in [5.74, 6) is -3.07. The Morgan fingerprint density at radius 1 is 0.844 bits per heavy atom. The number of H-pyrrole nitrogens is 2. The van der Waals surface area contributed by atoms with E-state index in [0.29, 0.717) is 11.3 Å². The van der Waals surface area contributed by atoms with Gasteiger partial charge in [-0.3, -0.25) is 14.4 Å². The van der Waals surface area contributed by atoms with Crippen LogP contribution in [0.4, 0.5) is 0 Å². The maximum absolute atomic E-state index is 13.7. The van der Waals surface area contributed by atoms with E-state index in [-0.39, 0.29) is 37.4 Å². The number of phenols is 1. The molecule has 0 aliphatic rings. The summed E-state index contributed by atoms with van der Waals surface area (Å²) in [4.78, 5) is 62.5. The second-order valence-electron chi connectivity index (χ2n) is 11.5. The van der Waals surface area contributed by atoms with E-state index in [1.54, 1.807) is 24.5 Å². The molecule has 4 rings (SSSR count). The number of nitrogens with zero attached hydrogens (tertiary/aromatic N) is 1. The van der Waals surface area contributed by atoms with E-state index in [1.165, 1.54) is 18.5 Å². The number of aromatic amines is 2.